The minimum absolute atomic E-state index is 0.617. The van der Waals surface area contributed by atoms with E-state index in [9.17, 15) is 0 Å². The maximum atomic E-state index is 5.20. The molecule has 30 heavy (non-hydrogen) atoms. The predicted molar refractivity (Wildman–Crippen MR) is 126 cm³/mol. The first-order chi connectivity index (χ1) is 14.5. The summed E-state index contributed by atoms with van der Waals surface area (Å²) in [4.78, 5) is 4.65. The zero-order valence-corrected chi connectivity index (χ0v) is 18.5. The Morgan fingerprint density at radius 3 is 2.33 bits per heavy atom. The van der Waals surface area contributed by atoms with Crippen LogP contribution in [-0.2, 0) is 6.54 Å². The number of benzene rings is 2. The van der Waals surface area contributed by atoms with Crippen molar-refractivity contribution in [2.75, 3.05) is 7.11 Å². The van der Waals surface area contributed by atoms with E-state index >= 15 is 0 Å². The third-order valence-electron chi connectivity index (χ3n) is 5.17. The molecule has 4 rings (SSSR count). The molecule has 0 radical (unpaired) electrons. The van der Waals surface area contributed by atoms with Crippen LogP contribution in [0.2, 0.25) is 0 Å². The average molecular weight is 419 g/mol. The first kappa shape index (κ1) is 20.2. The van der Waals surface area contributed by atoms with E-state index < -0.39 is 0 Å². The van der Waals surface area contributed by atoms with Crippen LogP contribution in [0, 0.1) is 20.8 Å². The summed E-state index contributed by atoms with van der Waals surface area (Å²) in [5, 5.41) is 2.96. The lowest BCUT2D eigenvalue weighted by molar-refractivity contribution is 0.414. The maximum absolute atomic E-state index is 5.20. The van der Waals surface area contributed by atoms with Gasteiger partial charge in [0.25, 0.3) is 0 Å². The summed E-state index contributed by atoms with van der Waals surface area (Å²) in [5.74, 6) is 0.856. The van der Waals surface area contributed by atoms with Crippen LogP contribution in [-0.4, -0.2) is 16.8 Å². The van der Waals surface area contributed by atoms with Crippen molar-refractivity contribution in [3.05, 3.63) is 88.1 Å². The van der Waals surface area contributed by atoms with Crippen molar-refractivity contribution in [3.8, 4) is 11.4 Å². The van der Waals surface area contributed by atoms with Gasteiger partial charge in [-0.2, -0.15) is 0 Å². The summed E-state index contributed by atoms with van der Waals surface area (Å²) >= 11 is 1.60. The molecule has 154 valence electrons. The second kappa shape index (κ2) is 8.71. The zero-order valence-electron chi connectivity index (χ0n) is 17.7. The molecule has 1 aromatic heterocycles. The van der Waals surface area contributed by atoms with Gasteiger partial charge in [-0.05, 0) is 56.7 Å². The van der Waals surface area contributed by atoms with Gasteiger partial charge >= 0.3 is 0 Å². The number of aromatic nitrogens is 1. The predicted octanol–water partition coefficient (Wildman–Crippen LogP) is 5.11. The Morgan fingerprint density at radius 1 is 0.967 bits per heavy atom. The van der Waals surface area contributed by atoms with E-state index in [1.807, 2.05) is 24.3 Å². The molecule has 6 heteroatoms. The van der Waals surface area contributed by atoms with Gasteiger partial charge < -0.3 is 9.30 Å². The fourth-order valence-corrected chi connectivity index (χ4v) is 4.19. The number of nitrogens with zero attached hydrogens (tertiary/aromatic N) is 2. The lowest BCUT2D eigenvalue weighted by atomic mass is 10.2. The second-order valence-corrected chi connectivity index (χ2v) is 8.18. The van der Waals surface area contributed by atoms with Gasteiger partial charge in [-0.3, -0.25) is 15.8 Å². The first-order valence-corrected chi connectivity index (χ1v) is 10.8. The molecule has 2 aromatic carbocycles. The molecule has 0 atom stereocenters. The van der Waals surface area contributed by atoms with Gasteiger partial charge in [0.05, 0.1) is 19.4 Å². The number of nitrogens with one attached hydrogen (secondary N) is 2. The fraction of sp³-hybridized carbons (Fsp3) is 0.208. The van der Waals surface area contributed by atoms with E-state index in [0.717, 1.165) is 22.2 Å². The molecule has 2 N–H and O–H groups in total. The maximum Gasteiger partial charge on any atom is 0.180 e. The van der Waals surface area contributed by atoms with Crippen molar-refractivity contribution < 1.29 is 4.74 Å². The molecular weight excluding hydrogens is 392 g/mol. The summed E-state index contributed by atoms with van der Waals surface area (Å²) in [6.45, 7) is 7.02. The average Bonchev–Trinajstić information content (AvgIpc) is 3.07. The van der Waals surface area contributed by atoms with Gasteiger partial charge in [0.1, 0.15) is 5.75 Å². The first-order valence-electron chi connectivity index (χ1n) is 9.88. The standard InChI is InChI=1S/C24H26N4OS/c1-16-5-9-20(10-6-16)28-17(2)13-22(18(28)3)23-15-30-24(27-26-23)25-14-19-7-11-21(29-4)12-8-19/h5-13,15,26H,14H2,1-4H3,(H,25,27). The fourth-order valence-electron chi connectivity index (χ4n) is 3.52. The number of ether oxygens (including phenoxy) is 1. The largest absolute Gasteiger partial charge is 0.497 e. The van der Waals surface area contributed by atoms with Crippen LogP contribution in [0.1, 0.15) is 28.1 Å². The Labute approximate surface area is 181 Å². The number of aryl methyl sites for hydroxylation is 2. The number of rotatable bonds is 5. The number of methoxy groups -OCH3 is 1. The normalized spacial score (nSPS) is 14.8. The quantitative estimate of drug-likeness (QED) is 0.605. The van der Waals surface area contributed by atoms with Crippen LogP contribution in [0.5, 0.6) is 5.75 Å². The highest BCUT2D eigenvalue weighted by molar-refractivity contribution is 8.16. The Bertz CT molecular complexity index is 1100. The minimum atomic E-state index is 0.617. The van der Waals surface area contributed by atoms with Gasteiger partial charge in [0.2, 0.25) is 0 Å². The number of thioether (sulfide) groups is 1. The Balaban J connectivity index is 1.49. The monoisotopic (exact) mass is 418 g/mol. The highest BCUT2D eigenvalue weighted by atomic mass is 32.2. The van der Waals surface area contributed by atoms with Crippen molar-refractivity contribution in [2.45, 2.75) is 27.3 Å². The third-order valence-corrected chi connectivity index (χ3v) is 5.98. The molecule has 5 nitrogen and oxygen atoms in total. The second-order valence-electron chi connectivity index (χ2n) is 7.32. The molecule has 0 unspecified atom stereocenters. The van der Waals surface area contributed by atoms with Crippen LogP contribution >= 0.6 is 11.8 Å². The highest BCUT2D eigenvalue weighted by Gasteiger charge is 2.17. The summed E-state index contributed by atoms with van der Waals surface area (Å²) in [5.41, 5.74) is 14.8. The Kier molecular flexibility index (Phi) is 5.86. The van der Waals surface area contributed by atoms with Gasteiger partial charge in [-0.15, -0.1) is 0 Å². The summed E-state index contributed by atoms with van der Waals surface area (Å²) in [6.07, 6.45) is 0. The Hall–Kier alpha value is -3.12. The zero-order chi connectivity index (χ0) is 21.1. The van der Waals surface area contributed by atoms with Gasteiger partial charge in [-0.25, -0.2) is 0 Å². The van der Waals surface area contributed by atoms with Gasteiger partial charge in [0, 0.05) is 28.0 Å². The van der Waals surface area contributed by atoms with Gasteiger partial charge in [0.15, 0.2) is 5.17 Å². The van der Waals surface area contributed by atoms with Crippen LogP contribution in [0.15, 0.2) is 65.0 Å². The van der Waals surface area contributed by atoms with Gasteiger partial charge in [-0.1, -0.05) is 41.6 Å². The molecule has 1 aliphatic rings. The van der Waals surface area contributed by atoms with Crippen molar-refractivity contribution in [3.63, 3.8) is 0 Å². The summed E-state index contributed by atoms with van der Waals surface area (Å²) in [7, 11) is 1.67. The van der Waals surface area contributed by atoms with E-state index in [2.05, 4.69) is 76.9 Å². The lowest BCUT2D eigenvalue weighted by Gasteiger charge is -2.19. The van der Waals surface area contributed by atoms with Crippen LogP contribution in [0.3, 0.4) is 0 Å². The van der Waals surface area contributed by atoms with Crippen molar-refractivity contribution in [1.82, 2.24) is 15.4 Å². The van der Waals surface area contributed by atoms with Crippen LogP contribution < -0.4 is 15.6 Å². The number of hydrogen-bond acceptors (Lipinski definition) is 4. The number of hydrazine groups is 1. The van der Waals surface area contributed by atoms with Crippen molar-refractivity contribution in [2.24, 2.45) is 4.99 Å². The van der Waals surface area contributed by atoms with E-state index in [0.29, 0.717) is 6.54 Å². The van der Waals surface area contributed by atoms with E-state index in [-0.39, 0.29) is 0 Å². The van der Waals surface area contributed by atoms with E-state index in [4.69, 9.17) is 4.74 Å². The summed E-state index contributed by atoms with van der Waals surface area (Å²) < 4.78 is 7.49. The number of amidine groups is 1. The molecule has 2 heterocycles. The number of aliphatic imine (C=N–C) groups is 1. The molecule has 0 spiro atoms. The molecule has 0 saturated heterocycles. The molecule has 0 aliphatic carbocycles. The molecule has 0 bridgehead atoms. The van der Waals surface area contributed by atoms with Crippen LogP contribution in [0.4, 0.5) is 0 Å². The smallest absolute Gasteiger partial charge is 0.180 e. The van der Waals surface area contributed by atoms with Crippen molar-refractivity contribution >= 4 is 22.6 Å². The SMILES string of the molecule is COc1ccc(CN=C2NNC(c3cc(C)n(-c4ccc(C)cc4)c3C)=CS2)cc1. The summed E-state index contributed by atoms with van der Waals surface area (Å²) in [6, 6.07) is 18.8. The molecule has 0 amide bonds. The highest BCUT2D eigenvalue weighted by Crippen LogP contribution is 2.28. The molecule has 0 saturated carbocycles. The molecule has 0 fully saturated rings. The molecule has 1 aliphatic heterocycles. The molecular formula is C24H26N4OS. The van der Waals surface area contributed by atoms with E-state index in [1.165, 1.54) is 28.2 Å². The van der Waals surface area contributed by atoms with Crippen LogP contribution in [0.25, 0.3) is 11.4 Å². The number of hydrogen-bond donors (Lipinski definition) is 2. The molecule has 3 aromatic rings. The minimum Gasteiger partial charge on any atom is -0.497 e. The van der Waals surface area contributed by atoms with E-state index in [1.54, 1.807) is 18.9 Å². The lowest BCUT2D eigenvalue weighted by Crippen LogP contribution is -2.37. The topological polar surface area (TPSA) is 50.6 Å². The third kappa shape index (κ3) is 4.24. The van der Waals surface area contributed by atoms with Crippen molar-refractivity contribution in [1.29, 1.82) is 0 Å². The Morgan fingerprint density at radius 2 is 1.70 bits per heavy atom.